The molecule has 2 N–H and O–H groups in total. The molecule has 0 saturated carbocycles. The second kappa shape index (κ2) is 9.17. The van der Waals surface area contributed by atoms with Crippen LogP contribution in [0.2, 0.25) is 0 Å². The van der Waals surface area contributed by atoms with Crippen molar-refractivity contribution in [2.45, 2.75) is 38.6 Å². The molecule has 1 aliphatic heterocycles. The van der Waals surface area contributed by atoms with E-state index in [-0.39, 0.29) is 12.5 Å². The Balaban J connectivity index is 1.54. The number of anilines is 1. The standard InChI is InChI=1S/C22H25N3O3/c1-2-3-7-16-10-12-18(13-11-16)23-20(26)15-25-21(27)19(24-22(25)28)14-17-8-5-4-6-9-17/h4-6,8-13,19H,2-3,7,14-15H2,1H3,(H,23,26)(H,24,28)/t19-/m1/s1. The number of unbranched alkanes of at least 4 members (excludes halogenated alkanes) is 1. The highest BCUT2D eigenvalue weighted by Crippen LogP contribution is 2.14. The van der Waals surface area contributed by atoms with Crippen LogP contribution in [0.1, 0.15) is 30.9 Å². The Labute approximate surface area is 164 Å². The van der Waals surface area contributed by atoms with Gasteiger partial charge in [-0.2, -0.15) is 0 Å². The van der Waals surface area contributed by atoms with Crippen LogP contribution in [-0.2, 0) is 22.4 Å². The van der Waals surface area contributed by atoms with Gasteiger partial charge in [0.2, 0.25) is 5.91 Å². The van der Waals surface area contributed by atoms with Crippen LogP contribution >= 0.6 is 0 Å². The summed E-state index contributed by atoms with van der Waals surface area (Å²) in [5.41, 5.74) is 2.83. The SMILES string of the molecule is CCCCc1ccc(NC(=O)CN2C(=O)N[C@H](Cc3ccccc3)C2=O)cc1. The van der Waals surface area contributed by atoms with Gasteiger partial charge in [0, 0.05) is 12.1 Å². The molecule has 0 aromatic heterocycles. The molecule has 2 aromatic rings. The molecule has 4 amide bonds. The number of nitrogens with one attached hydrogen (secondary N) is 2. The fourth-order valence-corrected chi connectivity index (χ4v) is 3.19. The second-order valence-electron chi connectivity index (χ2n) is 6.96. The Morgan fingerprint density at radius 1 is 1.04 bits per heavy atom. The third-order valence-corrected chi connectivity index (χ3v) is 4.75. The van der Waals surface area contributed by atoms with Gasteiger partial charge in [0.15, 0.2) is 0 Å². The van der Waals surface area contributed by atoms with Gasteiger partial charge < -0.3 is 10.6 Å². The summed E-state index contributed by atoms with van der Waals surface area (Å²) in [6.07, 6.45) is 3.68. The molecule has 2 aromatic carbocycles. The first-order valence-corrected chi connectivity index (χ1v) is 9.61. The first-order valence-electron chi connectivity index (χ1n) is 9.61. The summed E-state index contributed by atoms with van der Waals surface area (Å²) >= 11 is 0. The lowest BCUT2D eigenvalue weighted by molar-refractivity contribution is -0.130. The molecule has 6 heteroatoms. The lowest BCUT2D eigenvalue weighted by atomic mass is 10.1. The van der Waals surface area contributed by atoms with Crippen molar-refractivity contribution in [3.63, 3.8) is 0 Å². The minimum Gasteiger partial charge on any atom is -0.325 e. The average Bonchev–Trinajstić information content (AvgIpc) is 2.95. The largest absolute Gasteiger partial charge is 0.325 e. The van der Waals surface area contributed by atoms with Gasteiger partial charge in [-0.05, 0) is 36.1 Å². The maximum atomic E-state index is 12.5. The number of hydrogen-bond donors (Lipinski definition) is 2. The highest BCUT2D eigenvalue weighted by molar-refractivity contribution is 6.08. The minimum absolute atomic E-state index is 0.298. The van der Waals surface area contributed by atoms with E-state index in [9.17, 15) is 14.4 Å². The number of amides is 4. The zero-order chi connectivity index (χ0) is 19.9. The van der Waals surface area contributed by atoms with E-state index in [1.54, 1.807) is 0 Å². The number of benzene rings is 2. The number of urea groups is 1. The second-order valence-corrected chi connectivity index (χ2v) is 6.96. The zero-order valence-corrected chi connectivity index (χ0v) is 16.0. The van der Waals surface area contributed by atoms with E-state index >= 15 is 0 Å². The van der Waals surface area contributed by atoms with Gasteiger partial charge in [-0.1, -0.05) is 55.8 Å². The summed E-state index contributed by atoms with van der Waals surface area (Å²) in [6, 6.07) is 15.9. The molecular formula is C22H25N3O3. The van der Waals surface area contributed by atoms with Crippen molar-refractivity contribution in [2.75, 3.05) is 11.9 Å². The van der Waals surface area contributed by atoms with Crippen molar-refractivity contribution >= 4 is 23.5 Å². The lowest BCUT2D eigenvalue weighted by Crippen LogP contribution is -2.38. The Hall–Kier alpha value is -3.15. The van der Waals surface area contributed by atoms with E-state index < -0.39 is 18.0 Å². The van der Waals surface area contributed by atoms with E-state index in [4.69, 9.17) is 0 Å². The third-order valence-electron chi connectivity index (χ3n) is 4.75. The lowest BCUT2D eigenvalue weighted by Gasteiger charge is -2.13. The predicted molar refractivity (Wildman–Crippen MR) is 108 cm³/mol. The van der Waals surface area contributed by atoms with Gasteiger partial charge >= 0.3 is 6.03 Å². The molecule has 6 nitrogen and oxygen atoms in total. The van der Waals surface area contributed by atoms with Gasteiger partial charge in [-0.15, -0.1) is 0 Å². The molecule has 0 radical (unpaired) electrons. The monoisotopic (exact) mass is 379 g/mol. The summed E-state index contributed by atoms with van der Waals surface area (Å²) in [5, 5.41) is 5.40. The minimum atomic E-state index is -0.638. The number of imide groups is 1. The third kappa shape index (κ3) is 4.97. The molecule has 28 heavy (non-hydrogen) atoms. The topological polar surface area (TPSA) is 78.5 Å². The van der Waals surface area contributed by atoms with E-state index in [1.165, 1.54) is 5.56 Å². The van der Waals surface area contributed by atoms with E-state index in [0.717, 1.165) is 29.7 Å². The van der Waals surface area contributed by atoms with Crippen LogP contribution in [0.3, 0.4) is 0 Å². The summed E-state index contributed by atoms with van der Waals surface area (Å²) in [7, 11) is 0. The molecular weight excluding hydrogens is 354 g/mol. The van der Waals surface area contributed by atoms with Gasteiger partial charge in [-0.25, -0.2) is 4.79 Å². The normalized spacial score (nSPS) is 16.2. The fourth-order valence-electron chi connectivity index (χ4n) is 3.19. The van der Waals surface area contributed by atoms with Crippen LogP contribution in [-0.4, -0.2) is 35.3 Å². The summed E-state index contributed by atoms with van der Waals surface area (Å²) in [4.78, 5) is 37.9. The molecule has 0 bridgehead atoms. The van der Waals surface area contributed by atoms with E-state index in [0.29, 0.717) is 12.1 Å². The van der Waals surface area contributed by atoms with Crippen molar-refractivity contribution in [3.05, 3.63) is 65.7 Å². The van der Waals surface area contributed by atoms with Crippen molar-refractivity contribution in [1.82, 2.24) is 10.2 Å². The van der Waals surface area contributed by atoms with Gasteiger partial charge in [-0.3, -0.25) is 14.5 Å². The van der Waals surface area contributed by atoms with Crippen LogP contribution in [0.4, 0.5) is 10.5 Å². The van der Waals surface area contributed by atoms with Crippen LogP contribution < -0.4 is 10.6 Å². The first kappa shape index (κ1) is 19.6. The predicted octanol–water partition coefficient (Wildman–Crippen LogP) is 3.13. The Morgan fingerprint density at radius 3 is 2.43 bits per heavy atom. The van der Waals surface area contributed by atoms with Gasteiger partial charge in [0.1, 0.15) is 12.6 Å². The van der Waals surface area contributed by atoms with Crippen molar-refractivity contribution in [2.24, 2.45) is 0 Å². The summed E-state index contributed by atoms with van der Waals surface area (Å²) in [5.74, 6) is -0.774. The number of carbonyl (C=O) groups is 3. The molecule has 0 spiro atoms. The summed E-state index contributed by atoms with van der Waals surface area (Å²) in [6.45, 7) is 1.85. The van der Waals surface area contributed by atoms with Crippen LogP contribution in [0, 0.1) is 0 Å². The zero-order valence-electron chi connectivity index (χ0n) is 16.0. The summed E-state index contributed by atoms with van der Waals surface area (Å²) < 4.78 is 0. The quantitative estimate of drug-likeness (QED) is 0.692. The molecule has 146 valence electrons. The molecule has 1 aliphatic rings. The van der Waals surface area contributed by atoms with Crippen LogP contribution in [0.25, 0.3) is 0 Å². The number of carbonyl (C=O) groups excluding carboxylic acids is 3. The van der Waals surface area contributed by atoms with E-state index in [2.05, 4.69) is 17.6 Å². The fraction of sp³-hybridized carbons (Fsp3) is 0.318. The number of aryl methyl sites for hydroxylation is 1. The number of nitrogens with zero attached hydrogens (tertiary/aromatic N) is 1. The number of hydrogen-bond acceptors (Lipinski definition) is 3. The first-order chi connectivity index (χ1) is 13.6. The van der Waals surface area contributed by atoms with E-state index in [1.807, 2.05) is 54.6 Å². The van der Waals surface area contributed by atoms with Crippen molar-refractivity contribution in [1.29, 1.82) is 0 Å². The maximum absolute atomic E-state index is 12.5. The maximum Gasteiger partial charge on any atom is 0.325 e. The molecule has 0 aliphatic carbocycles. The van der Waals surface area contributed by atoms with Crippen LogP contribution in [0.5, 0.6) is 0 Å². The van der Waals surface area contributed by atoms with Crippen LogP contribution in [0.15, 0.2) is 54.6 Å². The highest BCUT2D eigenvalue weighted by Gasteiger charge is 2.38. The number of rotatable bonds is 8. The average molecular weight is 379 g/mol. The molecule has 1 atom stereocenters. The molecule has 3 rings (SSSR count). The Morgan fingerprint density at radius 2 is 1.75 bits per heavy atom. The molecule has 1 heterocycles. The molecule has 1 saturated heterocycles. The van der Waals surface area contributed by atoms with Crippen molar-refractivity contribution < 1.29 is 14.4 Å². The van der Waals surface area contributed by atoms with Gasteiger partial charge in [0.05, 0.1) is 0 Å². The molecule has 1 fully saturated rings. The van der Waals surface area contributed by atoms with Gasteiger partial charge in [0.25, 0.3) is 5.91 Å². The Kier molecular flexibility index (Phi) is 6.42. The highest BCUT2D eigenvalue weighted by atomic mass is 16.2. The van der Waals surface area contributed by atoms with Crippen molar-refractivity contribution in [3.8, 4) is 0 Å². The Bertz CT molecular complexity index is 834. The molecule has 0 unspecified atom stereocenters. The smallest absolute Gasteiger partial charge is 0.325 e.